The highest BCUT2D eigenvalue weighted by Gasteiger charge is 2.13. The number of hydrogen-bond acceptors (Lipinski definition) is 3. The lowest BCUT2D eigenvalue weighted by molar-refractivity contribution is -0.116. The molecule has 0 aliphatic carbocycles. The van der Waals surface area contributed by atoms with Crippen LogP contribution in [0.2, 0.25) is 0 Å². The van der Waals surface area contributed by atoms with Gasteiger partial charge in [0.1, 0.15) is 5.82 Å². The number of carbonyl (C=O) groups excluding carboxylic acids is 1. The minimum absolute atomic E-state index is 0.167. The fourth-order valence-electron chi connectivity index (χ4n) is 2.50. The largest absolute Gasteiger partial charge is 0.326 e. The Labute approximate surface area is 134 Å². The molecule has 0 saturated carbocycles. The van der Waals surface area contributed by atoms with Crippen LogP contribution < -0.4 is 5.32 Å². The lowest BCUT2D eigenvalue weighted by Gasteiger charge is -2.06. The van der Waals surface area contributed by atoms with Crippen molar-refractivity contribution >= 4 is 11.6 Å². The van der Waals surface area contributed by atoms with Crippen molar-refractivity contribution in [1.29, 1.82) is 5.26 Å². The van der Waals surface area contributed by atoms with Gasteiger partial charge in [-0.1, -0.05) is 6.07 Å². The highest BCUT2D eigenvalue weighted by atomic mass is 19.1. The summed E-state index contributed by atoms with van der Waals surface area (Å²) in [6.07, 6.45) is 1.26. The normalized spacial score (nSPS) is 10.3. The SMILES string of the molecule is Cc1nn(CCC#N)c(C)c1CCC(=O)Nc1cccc(F)c1. The molecule has 120 valence electrons. The van der Waals surface area contributed by atoms with Gasteiger partial charge in [0.2, 0.25) is 5.91 Å². The molecule has 2 rings (SSSR count). The van der Waals surface area contributed by atoms with Gasteiger partial charge < -0.3 is 5.32 Å². The third-order valence-electron chi connectivity index (χ3n) is 3.68. The highest BCUT2D eigenvalue weighted by Crippen LogP contribution is 2.16. The van der Waals surface area contributed by atoms with E-state index in [0.717, 1.165) is 17.0 Å². The number of nitriles is 1. The van der Waals surface area contributed by atoms with Crippen LogP contribution in [0.5, 0.6) is 0 Å². The standard InChI is InChI=1S/C17H19FN4O/c1-12-16(13(2)22(21-12)10-4-9-19)7-8-17(23)20-15-6-3-5-14(18)11-15/h3,5-6,11H,4,7-8,10H2,1-2H3,(H,20,23). The fourth-order valence-corrected chi connectivity index (χ4v) is 2.50. The first-order valence-electron chi connectivity index (χ1n) is 7.46. The van der Waals surface area contributed by atoms with E-state index in [0.29, 0.717) is 31.5 Å². The number of anilines is 1. The van der Waals surface area contributed by atoms with Gasteiger partial charge in [-0.2, -0.15) is 10.4 Å². The summed E-state index contributed by atoms with van der Waals surface area (Å²) in [4.78, 5) is 12.0. The molecule has 2 aromatic rings. The molecular weight excluding hydrogens is 295 g/mol. The molecule has 0 saturated heterocycles. The second kappa shape index (κ2) is 7.54. The smallest absolute Gasteiger partial charge is 0.224 e. The Morgan fingerprint density at radius 1 is 1.43 bits per heavy atom. The Bertz CT molecular complexity index is 746. The molecule has 0 aliphatic rings. The first-order chi connectivity index (χ1) is 11.0. The van der Waals surface area contributed by atoms with Gasteiger partial charge in [-0.3, -0.25) is 9.48 Å². The topological polar surface area (TPSA) is 70.7 Å². The van der Waals surface area contributed by atoms with Gasteiger partial charge in [0.25, 0.3) is 0 Å². The van der Waals surface area contributed by atoms with Gasteiger partial charge in [-0.15, -0.1) is 0 Å². The minimum atomic E-state index is -0.381. The quantitative estimate of drug-likeness (QED) is 0.890. The summed E-state index contributed by atoms with van der Waals surface area (Å²) >= 11 is 0. The summed E-state index contributed by atoms with van der Waals surface area (Å²) in [6.45, 7) is 4.39. The maximum absolute atomic E-state index is 13.1. The summed E-state index contributed by atoms with van der Waals surface area (Å²) < 4.78 is 14.9. The van der Waals surface area contributed by atoms with E-state index in [1.165, 1.54) is 12.1 Å². The molecule has 0 radical (unpaired) electrons. The number of hydrogen-bond donors (Lipinski definition) is 1. The van der Waals surface area contributed by atoms with E-state index < -0.39 is 0 Å². The van der Waals surface area contributed by atoms with Crippen molar-refractivity contribution in [2.45, 2.75) is 39.7 Å². The van der Waals surface area contributed by atoms with Crippen molar-refractivity contribution in [3.63, 3.8) is 0 Å². The Hall–Kier alpha value is -2.68. The Balaban J connectivity index is 1.96. The number of aryl methyl sites for hydroxylation is 2. The number of benzene rings is 1. The third kappa shape index (κ3) is 4.39. The number of nitrogens with one attached hydrogen (secondary N) is 1. The zero-order valence-corrected chi connectivity index (χ0v) is 13.3. The van der Waals surface area contributed by atoms with Gasteiger partial charge >= 0.3 is 0 Å². The molecule has 1 amide bonds. The van der Waals surface area contributed by atoms with Crippen molar-refractivity contribution in [1.82, 2.24) is 9.78 Å². The number of nitrogens with zero attached hydrogens (tertiary/aromatic N) is 3. The summed E-state index contributed by atoms with van der Waals surface area (Å²) in [6, 6.07) is 7.92. The predicted molar refractivity (Wildman–Crippen MR) is 85.3 cm³/mol. The number of carbonyl (C=O) groups is 1. The number of rotatable bonds is 6. The summed E-state index contributed by atoms with van der Waals surface area (Å²) in [5, 5.41) is 15.7. The van der Waals surface area contributed by atoms with Crippen LogP contribution in [0.3, 0.4) is 0 Å². The molecule has 0 fully saturated rings. The molecular formula is C17H19FN4O. The molecule has 0 spiro atoms. The number of amides is 1. The van der Waals surface area contributed by atoms with Crippen LogP contribution in [0, 0.1) is 31.0 Å². The van der Waals surface area contributed by atoms with E-state index in [9.17, 15) is 9.18 Å². The molecule has 0 atom stereocenters. The van der Waals surface area contributed by atoms with Gasteiger partial charge in [0.15, 0.2) is 0 Å². The van der Waals surface area contributed by atoms with Gasteiger partial charge in [-0.25, -0.2) is 4.39 Å². The molecule has 1 aromatic heterocycles. The Morgan fingerprint density at radius 2 is 2.22 bits per heavy atom. The summed E-state index contributed by atoms with van der Waals surface area (Å²) in [7, 11) is 0. The van der Waals surface area contributed by atoms with Crippen molar-refractivity contribution in [3.05, 3.63) is 47.0 Å². The Kier molecular flexibility index (Phi) is 5.47. The lowest BCUT2D eigenvalue weighted by atomic mass is 10.1. The predicted octanol–water partition coefficient (Wildman–Crippen LogP) is 3.12. The van der Waals surface area contributed by atoms with Crippen molar-refractivity contribution in [3.8, 4) is 6.07 Å². The zero-order chi connectivity index (χ0) is 16.8. The number of aromatic nitrogens is 2. The number of halogens is 1. The van der Waals surface area contributed by atoms with E-state index in [4.69, 9.17) is 5.26 Å². The average Bonchev–Trinajstić information content (AvgIpc) is 2.77. The molecule has 0 aliphatic heterocycles. The van der Waals surface area contributed by atoms with Crippen LogP contribution >= 0.6 is 0 Å². The second-order valence-corrected chi connectivity index (χ2v) is 5.34. The van der Waals surface area contributed by atoms with E-state index in [1.807, 2.05) is 13.8 Å². The lowest BCUT2D eigenvalue weighted by Crippen LogP contribution is -2.13. The second-order valence-electron chi connectivity index (χ2n) is 5.34. The maximum atomic E-state index is 13.1. The Morgan fingerprint density at radius 3 is 2.91 bits per heavy atom. The van der Waals surface area contributed by atoms with Gasteiger partial charge in [0.05, 0.1) is 24.7 Å². The van der Waals surface area contributed by atoms with Gasteiger partial charge in [-0.05, 0) is 44.0 Å². The molecule has 1 heterocycles. The van der Waals surface area contributed by atoms with Gasteiger partial charge in [0, 0.05) is 17.8 Å². The van der Waals surface area contributed by atoms with Crippen molar-refractivity contribution < 1.29 is 9.18 Å². The molecule has 23 heavy (non-hydrogen) atoms. The van der Waals surface area contributed by atoms with Crippen LogP contribution in [0.1, 0.15) is 29.8 Å². The third-order valence-corrected chi connectivity index (χ3v) is 3.68. The van der Waals surface area contributed by atoms with Crippen LogP contribution in [-0.4, -0.2) is 15.7 Å². The first-order valence-corrected chi connectivity index (χ1v) is 7.46. The minimum Gasteiger partial charge on any atom is -0.326 e. The molecule has 5 nitrogen and oxygen atoms in total. The van der Waals surface area contributed by atoms with Crippen LogP contribution in [0.15, 0.2) is 24.3 Å². The maximum Gasteiger partial charge on any atom is 0.224 e. The zero-order valence-electron chi connectivity index (χ0n) is 13.3. The van der Waals surface area contributed by atoms with Crippen molar-refractivity contribution in [2.75, 3.05) is 5.32 Å². The van der Waals surface area contributed by atoms with Crippen LogP contribution in [-0.2, 0) is 17.8 Å². The van der Waals surface area contributed by atoms with E-state index in [1.54, 1.807) is 16.8 Å². The van der Waals surface area contributed by atoms with Crippen LogP contribution in [0.4, 0.5) is 10.1 Å². The molecule has 0 unspecified atom stereocenters. The highest BCUT2D eigenvalue weighted by molar-refractivity contribution is 5.90. The first kappa shape index (κ1) is 16.7. The average molecular weight is 314 g/mol. The van der Waals surface area contributed by atoms with E-state index in [2.05, 4.69) is 16.5 Å². The van der Waals surface area contributed by atoms with E-state index >= 15 is 0 Å². The fraction of sp³-hybridized carbons (Fsp3) is 0.353. The summed E-state index contributed by atoms with van der Waals surface area (Å²) in [5.74, 6) is -0.549. The summed E-state index contributed by atoms with van der Waals surface area (Å²) in [5.41, 5.74) is 3.33. The van der Waals surface area contributed by atoms with E-state index in [-0.39, 0.29) is 11.7 Å². The molecule has 0 bridgehead atoms. The molecule has 1 aromatic carbocycles. The van der Waals surface area contributed by atoms with Crippen LogP contribution in [0.25, 0.3) is 0 Å². The monoisotopic (exact) mass is 314 g/mol. The molecule has 1 N–H and O–H groups in total. The molecule has 6 heteroatoms. The van der Waals surface area contributed by atoms with Crippen molar-refractivity contribution in [2.24, 2.45) is 0 Å².